The van der Waals surface area contributed by atoms with E-state index in [1.165, 1.54) is 6.07 Å². The molecule has 0 bridgehead atoms. The number of halogens is 2. The van der Waals surface area contributed by atoms with E-state index in [1.807, 2.05) is 0 Å². The minimum absolute atomic E-state index is 0.345. The van der Waals surface area contributed by atoms with Crippen molar-refractivity contribution >= 4 is 33.3 Å². The van der Waals surface area contributed by atoms with Gasteiger partial charge in [0, 0.05) is 16.5 Å². The molecule has 0 amide bonds. The molecule has 104 valence electrons. The van der Waals surface area contributed by atoms with Gasteiger partial charge in [0.2, 0.25) is 0 Å². The maximum atomic E-state index is 13.7. The Bertz CT molecular complexity index is 645. The zero-order chi connectivity index (χ0) is 14.1. The summed E-state index contributed by atoms with van der Waals surface area (Å²) < 4.78 is 14.5. The van der Waals surface area contributed by atoms with Crippen LogP contribution in [0.4, 0.5) is 21.7 Å². The van der Waals surface area contributed by atoms with E-state index in [0.717, 1.165) is 23.1 Å². The molecule has 0 radical (unpaired) electrons. The van der Waals surface area contributed by atoms with Crippen molar-refractivity contribution in [1.29, 1.82) is 0 Å². The maximum Gasteiger partial charge on any atom is 0.146 e. The first-order valence-corrected chi connectivity index (χ1v) is 7.02. The van der Waals surface area contributed by atoms with E-state index in [0.29, 0.717) is 23.2 Å². The quantitative estimate of drug-likeness (QED) is 0.589. The highest BCUT2D eigenvalue weighted by atomic mass is 79.9. The van der Waals surface area contributed by atoms with Crippen molar-refractivity contribution in [2.45, 2.75) is 18.8 Å². The molecule has 0 spiro atoms. The Hall–Kier alpha value is -1.73. The van der Waals surface area contributed by atoms with Crippen molar-refractivity contribution in [1.82, 2.24) is 9.97 Å². The first kappa shape index (κ1) is 13.3. The average molecular weight is 338 g/mol. The average Bonchev–Trinajstić information content (AvgIpc) is 3.27. The summed E-state index contributed by atoms with van der Waals surface area (Å²) in [5.74, 6) is 7.21. The van der Waals surface area contributed by atoms with Gasteiger partial charge in [-0.05, 0) is 31.0 Å². The fourth-order valence-electron chi connectivity index (χ4n) is 1.86. The van der Waals surface area contributed by atoms with Crippen LogP contribution in [0, 0.1) is 5.82 Å². The number of rotatable bonds is 4. The zero-order valence-corrected chi connectivity index (χ0v) is 12.1. The molecule has 1 aliphatic rings. The van der Waals surface area contributed by atoms with Gasteiger partial charge in [-0.15, -0.1) is 0 Å². The lowest BCUT2D eigenvalue weighted by Crippen LogP contribution is -2.11. The van der Waals surface area contributed by atoms with Crippen molar-refractivity contribution in [3.8, 4) is 0 Å². The van der Waals surface area contributed by atoms with Crippen LogP contribution in [0.25, 0.3) is 0 Å². The topological polar surface area (TPSA) is 75.9 Å². The van der Waals surface area contributed by atoms with Gasteiger partial charge >= 0.3 is 0 Å². The van der Waals surface area contributed by atoms with Crippen molar-refractivity contribution in [2.24, 2.45) is 5.84 Å². The molecule has 1 heterocycles. The molecular formula is C13H13BrFN5. The smallest absolute Gasteiger partial charge is 0.146 e. The minimum Gasteiger partial charge on any atom is -0.338 e. The third-order valence-electron chi connectivity index (χ3n) is 3.02. The summed E-state index contributed by atoms with van der Waals surface area (Å²) in [5.41, 5.74) is 2.86. The molecular weight excluding hydrogens is 325 g/mol. The number of nitrogens with one attached hydrogen (secondary N) is 2. The van der Waals surface area contributed by atoms with E-state index in [-0.39, 0.29) is 5.82 Å². The van der Waals surface area contributed by atoms with Crippen LogP contribution in [0.2, 0.25) is 0 Å². The summed E-state index contributed by atoms with van der Waals surface area (Å²) in [4.78, 5) is 8.71. The lowest BCUT2D eigenvalue weighted by atomic mass is 10.3. The molecule has 1 fully saturated rings. The second kappa shape index (κ2) is 5.34. The SMILES string of the molecule is NNc1cc(Nc2cc(Br)ccc2F)nc(C2CC2)n1. The molecule has 0 atom stereocenters. The molecule has 3 rings (SSSR count). The maximum absolute atomic E-state index is 13.7. The summed E-state index contributed by atoms with van der Waals surface area (Å²) in [7, 11) is 0. The number of nitrogens with zero attached hydrogens (tertiary/aromatic N) is 2. The number of hydrogen-bond acceptors (Lipinski definition) is 5. The molecule has 1 saturated carbocycles. The molecule has 1 aliphatic carbocycles. The number of nitrogens with two attached hydrogens (primary N) is 1. The molecule has 0 unspecified atom stereocenters. The molecule has 5 nitrogen and oxygen atoms in total. The van der Waals surface area contributed by atoms with Crippen LogP contribution in [0.3, 0.4) is 0 Å². The van der Waals surface area contributed by atoms with E-state index in [2.05, 4.69) is 36.6 Å². The number of anilines is 3. The van der Waals surface area contributed by atoms with E-state index < -0.39 is 0 Å². The Morgan fingerprint density at radius 3 is 2.65 bits per heavy atom. The summed E-state index contributed by atoms with van der Waals surface area (Å²) in [6, 6.07) is 6.33. The molecule has 0 aliphatic heterocycles. The normalized spacial score (nSPS) is 14.2. The largest absolute Gasteiger partial charge is 0.338 e. The van der Waals surface area contributed by atoms with Gasteiger partial charge in [-0.25, -0.2) is 20.2 Å². The number of hydrazine groups is 1. The van der Waals surface area contributed by atoms with E-state index in [1.54, 1.807) is 18.2 Å². The summed E-state index contributed by atoms with van der Waals surface area (Å²) >= 11 is 3.31. The standard InChI is InChI=1S/C13H13BrFN5/c14-8-3-4-9(15)10(5-8)17-11-6-12(20-16)19-13(18-11)7-1-2-7/h3-7H,1-2,16H2,(H2,17,18,19,20). The lowest BCUT2D eigenvalue weighted by molar-refractivity contribution is 0.631. The minimum atomic E-state index is -0.345. The van der Waals surface area contributed by atoms with Crippen LogP contribution in [-0.4, -0.2) is 9.97 Å². The highest BCUT2D eigenvalue weighted by Crippen LogP contribution is 2.39. The van der Waals surface area contributed by atoms with Gasteiger partial charge in [0.1, 0.15) is 23.3 Å². The third-order valence-corrected chi connectivity index (χ3v) is 3.52. The number of nitrogen functional groups attached to an aromatic ring is 1. The third kappa shape index (κ3) is 2.88. The fraction of sp³-hybridized carbons (Fsp3) is 0.231. The number of hydrogen-bond donors (Lipinski definition) is 3. The van der Waals surface area contributed by atoms with Crippen LogP contribution in [-0.2, 0) is 0 Å². The van der Waals surface area contributed by atoms with Crippen LogP contribution < -0.4 is 16.6 Å². The molecule has 4 N–H and O–H groups in total. The van der Waals surface area contributed by atoms with Crippen LogP contribution >= 0.6 is 15.9 Å². The monoisotopic (exact) mass is 337 g/mol. The molecule has 7 heteroatoms. The van der Waals surface area contributed by atoms with Gasteiger partial charge in [-0.2, -0.15) is 0 Å². The van der Waals surface area contributed by atoms with Crippen molar-refractivity contribution in [3.63, 3.8) is 0 Å². The van der Waals surface area contributed by atoms with Crippen molar-refractivity contribution in [2.75, 3.05) is 10.7 Å². The van der Waals surface area contributed by atoms with Gasteiger partial charge in [-0.3, -0.25) is 0 Å². The van der Waals surface area contributed by atoms with Crippen molar-refractivity contribution in [3.05, 3.63) is 40.4 Å². The molecule has 0 saturated heterocycles. The van der Waals surface area contributed by atoms with Gasteiger partial charge < -0.3 is 10.7 Å². The zero-order valence-electron chi connectivity index (χ0n) is 10.5. The predicted molar refractivity (Wildman–Crippen MR) is 79.2 cm³/mol. The Labute approximate surface area is 123 Å². The van der Waals surface area contributed by atoms with Crippen LogP contribution in [0.15, 0.2) is 28.7 Å². The molecule has 1 aromatic carbocycles. The summed E-state index contributed by atoms with van der Waals surface area (Å²) in [6.45, 7) is 0. The Kier molecular flexibility index (Phi) is 3.54. The lowest BCUT2D eigenvalue weighted by Gasteiger charge is -2.10. The van der Waals surface area contributed by atoms with Crippen molar-refractivity contribution < 1.29 is 4.39 Å². The van der Waals surface area contributed by atoms with Gasteiger partial charge in [0.25, 0.3) is 0 Å². The highest BCUT2D eigenvalue weighted by Gasteiger charge is 2.27. The number of benzene rings is 1. The van der Waals surface area contributed by atoms with Gasteiger partial charge in [0.15, 0.2) is 0 Å². The van der Waals surface area contributed by atoms with Crippen LogP contribution in [0.1, 0.15) is 24.6 Å². The number of aromatic nitrogens is 2. The first-order valence-electron chi connectivity index (χ1n) is 6.23. The Balaban J connectivity index is 1.93. The molecule has 2 aromatic rings. The Morgan fingerprint density at radius 1 is 1.20 bits per heavy atom. The van der Waals surface area contributed by atoms with Gasteiger partial charge in [0.05, 0.1) is 5.69 Å². The molecule has 20 heavy (non-hydrogen) atoms. The molecule has 1 aromatic heterocycles. The van der Waals surface area contributed by atoms with E-state index in [4.69, 9.17) is 5.84 Å². The van der Waals surface area contributed by atoms with E-state index >= 15 is 0 Å². The second-order valence-corrected chi connectivity index (χ2v) is 5.58. The van der Waals surface area contributed by atoms with Gasteiger partial charge in [-0.1, -0.05) is 15.9 Å². The summed E-state index contributed by atoms with van der Waals surface area (Å²) in [5, 5.41) is 2.96. The summed E-state index contributed by atoms with van der Waals surface area (Å²) in [6.07, 6.45) is 2.16. The fourth-order valence-corrected chi connectivity index (χ4v) is 2.22. The predicted octanol–water partition coefficient (Wildman–Crippen LogP) is 3.28. The highest BCUT2D eigenvalue weighted by molar-refractivity contribution is 9.10. The van der Waals surface area contributed by atoms with E-state index in [9.17, 15) is 4.39 Å². The Morgan fingerprint density at radius 2 is 1.95 bits per heavy atom. The second-order valence-electron chi connectivity index (χ2n) is 4.66. The first-order chi connectivity index (χ1) is 9.65. The van der Waals surface area contributed by atoms with Crippen LogP contribution in [0.5, 0.6) is 0 Å².